The predicted molar refractivity (Wildman–Crippen MR) is 124 cm³/mol. The number of methoxy groups -OCH3 is 1. The Morgan fingerprint density at radius 3 is 2.72 bits per heavy atom. The van der Waals surface area contributed by atoms with Crippen molar-refractivity contribution in [2.75, 3.05) is 38.2 Å². The Bertz CT molecular complexity index is 862. The number of benzene rings is 1. The van der Waals surface area contributed by atoms with Crippen molar-refractivity contribution in [3.05, 3.63) is 29.3 Å². The second-order valence-electron chi connectivity index (χ2n) is 9.59. The summed E-state index contributed by atoms with van der Waals surface area (Å²) in [5.41, 5.74) is 1.81. The summed E-state index contributed by atoms with van der Waals surface area (Å²) in [5, 5.41) is 6.03. The van der Waals surface area contributed by atoms with Crippen LogP contribution in [0.25, 0.3) is 0 Å². The van der Waals surface area contributed by atoms with Gasteiger partial charge in [-0.15, -0.1) is 0 Å². The number of fused-ring (bicyclic) bond motifs is 1. The standard InChI is InChI=1S/C24H36N4O4/c1-16(2)28(19-7-6-10-25-15-19)21(29)17-8-9-18-14-24(3,4)22(30)27(20(18)13-17)12-11-26-23(31)32-5/h8-9,13,16,19,25H,6-7,10-12,14-15H2,1-5H3,(H,26,31)/t19-/m1/s1. The zero-order chi connectivity index (χ0) is 23.5. The zero-order valence-electron chi connectivity index (χ0n) is 19.9. The highest BCUT2D eigenvalue weighted by Crippen LogP contribution is 2.38. The van der Waals surface area contributed by atoms with Gasteiger partial charge in [-0.05, 0) is 57.4 Å². The lowest BCUT2D eigenvalue weighted by Crippen LogP contribution is -2.52. The normalized spacial score (nSPS) is 20.0. The van der Waals surface area contributed by atoms with Crippen LogP contribution in [-0.2, 0) is 16.0 Å². The van der Waals surface area contributed by atoms with E-state index in [1.165, 1.54) is 7.11 Å². The summed E-state index contributed by atoms with van der Waals surface area (Å²) in [6.07, 6.45) is 2.11. The Hall–Kier alpha value is -2.61. The second kappa shape index (κ2) is 9.90. The second-order valence-corrected chi connectivity index (χ2v) is 9.59. The number of carbonyl (C=O) groups is 3. The zero-order valence-corrected chi connectivity index (χ0v) is 19.9. The van der Waals surface area contributed by atoms with Crippen molar-refractivity contribution in [2.45, 2.75) is 59.0 Å². The number of nitrogens with one attached hydrogen (secondary N) is 2. The Kier molecular flexibility index (Phi) is 7.44. The van der Waals surface area contributed by atoms with Gasteiger partial charge in [0, 0.05) is 48.4 Å². The first-order valence-corrected chi connectivity index (χ1v) is 11.5. The molecule has 2 aliphatic heterocycles. The van der Waals surface area contributed by atoms with Crippen molar-refractivity contribution in [3.63, 3.8) is 0 Å². The lowest BCUT2D eigenvalue weighted by Gasteiger charge is -2.40. The Balaban J connectivity index is 1.90. The molecule has 0 aliphatic carbocycles. The van der Waals surface area contributed by atoms with Crippen LogP contribution in [0.2, 0.25) is 0 Å². The van der Waals surface area contributed by atoms with Gasteiger partial charge in [0.25, 0.3) is 5.91 Å². The fourth-order valence-electron chi connectivity index (χ4n) is 4.73. The van der Waals surface area contributed by atoms with E-state index in [0.29, 0.717) is 18.5 Å². The number of nitrogens with zero attached hydrogens (tertiary/aromatic N) is 2. The maximum Gasteiger partial charge on any atom is 0.406 e. The van der Waals surface area contributed by atoms with Gasteiger partial charge in [-0.25, -0.2) is 4.79 Å². The first kappa shape index (κ1) is 24.0. The molecule has 176 valence electrons. The molecule has 2 aliphatic rings. The monoisotopic (exact) mass is 444 g/mol. The summed E-state index contributed by atoms with van der Waals surface area (Å²) in [5.74, 6) is -0.0279. The molecule has 1 aromatic carbocycles. The van der Waals surface area contributed by atoms with E-state index in [9.17, 15) is 14.4 Å². The van der Waals surface area contributed by atoms with Gasteiger partial charge in [-0.3, -0.25) is 9.59 Å². The highest BCUT2D eigenvalue weighted by atomic mass is 16.5. The van der Waals surface area contributed by atoms with Gasteiger partial charge in [0.1, 0.15) is 0 Å². The number of rotatable bonds is 6. The van der Waals surface area contributed by atoms with Crippen LogP contribution in [-0.4, -0.2) is 68.2 Å². The molecular weight excluding hydrogens is 408 g/mol. The minimum Gasteiger partial charge on any atom is -0.453 e. The molecule has 8 heteroatoms. The van der Waals surface area contributed by atoms with E-state index in [1.54, 1.807) is 4.90 Å². The number of hydrogen-bond acceptors (Lipinski definition) is 5. The number of anilines is 1. The van der Waals surface area contributed by atoms with E-state index >= 15 is 0 Å². The smallest absolute Gasteiger partial charge is 0.406 e. The lowest BCUT2D eigenvalue weighted by molar-refractivity contribution is -0.127. The third-order valence-electron chi connectivity index (χ3n) is 6.32. The quantitative estimate of drug-likeness (QED) is 0.704. The summed E-state index contributed by atoms with van der Waals surface area (Å²) in [6.45, 7) is 10.3. The number of hydrogen-bond donors (Lipinski definition) is 2. The van der Waals surface area contributed by atoms with Crippen molar-refractivity contribution in [3.8, 4) is 0 Å². The summed E-state index contributed by atoms with van der Waals surface area (Å²) in [6, 6.07) is 5.92. The van der Waals surface area contributed by atoms with Gasteiger partial charge in [-0.2, -0.15) is 0 Å². The molecule has 0 radical (unpaired) electrons. The summed E-state index contributed by atoms with van der Waals surface area (Å²) in [7, 11) is 1.31. The molecule has 3 amide bonds. The molecule has 0 unspecified atom stereocenters. The summed E-state index contributed by atoms with van der Waals surface area (Å²) in [4.78, 5) is 41.9. The first-order valence-electron chi connectivity index (χ1n) is 11.5. The van der Waals surface area contributed by atoms with E-state index in [2.05, 4.69) is 15.4 Å². The van der Waals surface area contributed by atoms with Crippen molar-refractivity contribution in [2.24, 2.45) is 5.41 Å². The largest absolute Gasteiger partial charge is 0.453 e. The van der Waals surface area contributed by atoms with Crippen molar-refractivity contribution >= 4 is 23.6 Å². The van der Waals surface area contributed by atoms with Crippen LogP contribution in [0.5, 0.6) is 0 Å². The third-order valence-corrected chi connectivity index (χ3v) is 6.32. The highest BCUT2D eigenvalue weighted by molar-refractivity contribution is 6.02. The summed E-state index contributed by atoms with van der Waals surface area (Å²) >= 11 is 0. The molecule has 0 bridgehead atoms. The highest BCUT2D eigenvalue weighted by Gasteiger charge is 2.39. The molecule has 1 atom stereocenters. The SMILES string of the molecule is COC(=O)NCCN1C(=O)C(C)(C)Cc2ccc(C(=O)N(C(C)C)[C@@H]3CCCNC3)cc21. The Morgan fingerprint density at radius 1 is 1.34 bits per heavy atom. The summed E-state index contributed by atoms with van der Waals surface area (Å²) < 4.78 is 4.62. The fraction of sp³-hybridized carbons (Fsp3) is 0.625. The van der Waals surface area contributed by atoms with Crippen molar-refractivity contribution in [1.82, 2.24) is 15.5 Å². The number of carbonyl (C=O) groups excluding carboxylic acids is 3. The van der Waals surface area contributed by atoms with Crippen LogP contribution in [0, 0.1) is 5.41 Å². The van der Waals surface area contributed by atoms with Crippen LogP contribution >= 0.6 is 0 Å². The third kappa shape index (κ3) is 5.06. The Morgan fingerprint density at radius 2 is 2.09 bits per heavy atom. The predicted octanol–water partition coefficient (Wildman–Crippen LogP) is 2.56. The molecule has 1 fully saturated rings. The van der Waals surface area contributed by atoms with Crippen LogP contribution < -0.4 is 15.5 Å². The van der Waals surface area contributed by atoms with Gasteiger partial charge < -0.3 is 25.2 Å². The van der Waals surface area contributed by atoms with E-state index in [1.807, 2.05) is 50.8 Å². The maximum atomic E-state index is 13.6. The minimum absolute atomic E-state index is 0.0126. The molecule has 2 heterocycles. The van der Waals surface area contributed by atoms with E-state index in [-0.39, 0.29) is 30.4 Å². The topological polar surface area (TPSA) is 91.0 Å². The van der Waals surface area contributed by atoms with Crippen LogP contribution in [0.15, 0.2) is 18.2 Å². The number of amides is 3. The average Bonchev–Trinajstić information content (AvgIpc) is 2.76. The van der Waals surface area contributed by atoms with E-state index in [4.69, 9.17) is 0 Å². The molecule has 0 spiro atoms. The van der Waals surface area contributed by atoms with E-state index < -0.39 is 11.5 Å². The molecule has 32 heavy (non-hydrogen) atoms. The van der Waals surface area contributed by atoms with Gasteiger partial charge in [0.2, 0.25) is 5.91 Å². The Labute approximate surface area is 190 Å². The van der Waals surface area contributed by atoms with Crippen molar-refractivity contribution in [1.29, 1.82) is 0 Å². The molecule has 1 saturated heterocycles. The van der Waals surface area contributed by atoms with Crippen LogP contribution in [0.1, 0.15) is 56.5 Å². The molecular formula is C24H36N4O4. The average molecular weight is 445 g/mol. The minimum atomic E-state index is -0.554. The van der Waals surface area contributed by atoms with Crippen molar-refractivity contribution < 1.29 is 19.1 Å². The van der Waals surface area contributed by atoms with Gasteiger partial charge >= 0.3 is 6.09 Å². The van der Waals surface area contributed by atoms with Gasteiger partial charge in [0.15, 0.2) is 0 Å². The van der Waals surface area contributed by atoms with Crippen LogP contribution in [0.3, 0.4) is 0 Å². The molecule has 1 aromatic rings. The maximum absolute atomic E-state index is 13.6. The number of alkyl carbamates (subject to hydrolysis) is 1. The number of piperidine rings is 1. The van der Waals surface area contributed by atoms with Gasteiger partial charge in [-0.1, -0.05) is 19.9 Å². The lowest BCUT2D eigenvalue weighted by atomic mass is 9.80. The fourth-order valence-corrected chi connectivity index (χ4v) is 4.73. The molecule has 0 saturated carbocycles. The first-order chi connectivity index (χ1) is 15.2. The van der Waals surface area contributed by atoms with Gasteiger partial charge in [0.05, 0.1) is 7.11 Å². The molecule has 2 N–H and O–H groups in total. The van der Waals surface area contributed by atoms with E-state index in [0.717, 1.165) is 37.2 Å². The molecule has 3 rings (SSSR count). The number of ether oxygens (including phenoxy) is 1. The molecule has 8 nitrogen and oxygen atoms in total. The van der Waals surface area contributed by atoms with Crippen LogP contribution in [0.4, 0.5) is 10.5 Å². The molecule has 0 aromatic heterocycles.